The number of hydrogen-bond donors (Lipinski definition) is 3. The molecule has 0 spiro atoms. The number of aromatic amines is 1. The lowest BCUT2D eigenvalue weighted by Crippen LogP contribution is -2.63. The number of piperazine rings is 1. The average Bonchev–Trinajstić information content (AvgIpc) is 3.70. The maximum atomic E-state index is 14.2. The summed E-state index contributed by atoms with van der Waals surface area (Å²) < 4.78 is 11.2. The summed E-state index contributed by atoms with van der Waals surface area (Å²) in [5, 5.41) is 9.88. The Kier molecular flexibility index (Phi) is 6.55. The number of anilines is 1. The molecule has 3 N–H and O–H groups in total. The van der Waals surface area contributed by atoms with Crippen LogP contribution in [0.3, 0.4) is 0 Å². The number of ether oxygens (including phenoxy) is 2. The summed E-state index contributed by atoms with van der Waals surface area (Å²) in [4.78, 5) is 57.5. The van der Waals surface area contributed by atoms with Gasteiger partial charge in [-0.2, -0.15) is 0 Å². The fourth-order valence-electron chi connectivity index (χ4n) is 7.20. The normalized spacial score (nSPS) is 21.2. The second-order valence-corrected chi connectivity index (χ2v) is 12.0. The van der Waals surface area contributed by atoms with E-state index < -0.39 is 18.0 Å². The summed E-state index contributed by atoms with van der Waals surface area (Å²) in [5.41, 5.74) is 5.58. The number of amides is 3. The Bertz CT molecular complexity index is 1820. The molecule has 8 rings (SSSR count). The molecule has 4 aliphatic heterocycles. The van der Waals surface area contributed by atoms with Gasteiger partial charge in [0.15, 0.2) is 11.5 Å². The van der Waals surface area contributed by atoms with Gasteiger partial charge in [0.2, 0.25) is 24.6 Å². The molecule has 13 nitrogen and oxygen atoms in total. The van der Waals surface area contributed by atoms with E-state index in [0.29, 0.717) is 43.5 Å². The highest BCUT2D eigenvalue weighted by atomic mass is 16.7. The second kappa shape index (κ2) is 10.8. The van der Waals surface area contributed by atoms with Gasteiger partial charge in [-0.15, -0.1) is 0 Å². The van der Waals surface area contributed by atoms with Crippen LogP contribution in [0.25, 0.3) is 10.9 Å². The zero-order valence-corrected chi connectivity index (χ0v) is 24.3. The van der Waals surface area contributed by atoms with Gasteiger partial charge < -0.3 is 29.2 Å². The number of carbonyl (C=O) groups is 3. The third-order valence-corrected chi connectivity index (χ3v) is 9.43. The number of piperidine rings is 1. The molecule has 13 heteroatoms. The first-order chi connectivity index (χ1) is 22.0. The first-order valence-corrected chi connectivity index (χ1v) is 15.1. The summed E-state index contributed by atoms with van der Waals surface area (Å²) in [6.07, 6.45) is 4.82. The minimum atomic E-state index is -0.666. The Balaban J connectivity index is 1.03. The highest BCUT2D eigenvalue weighted by Gasteiger charge is 2.48. The molecule has 0 aliphatic carbocycles. The Labute approximate surface area is 257 Å². The molecular weight excluding hydrogens is 578 g/mol. The number of fused-ring (bicyclic) bond motifs is 5. The molecule has 45 heavy (non-hydrogen) atoms. The molecule has 0 unspecified atom stereocenters. The third kappa shape index (κ3) is 4.62. The lowest BCUT2D eigenvalue weighted by atomic mass is 9.85. The second-order valence-electron chi connectivity index (χ2n) is 12.0. The average molecular weight is 610 g/mol. The Morgan fingerprint density at radius 1 is 1.04 bits per heavy atom. The number of H-pyrrole nitrogens is 1. The minimum absolute atomic E-state index is 0.0280. The highest BCUT2D eigenvalue weighted by molar-refractivity contribution is 5.97. The fraction of sp³-hybridized carbons (Fsp3) is 0.344. The van der Waals surface area contributed by atoms with E-state index in [0.717, 1.165) is 40.6 Å². The van der Waals surface area contributed by atoms with Crippen molar-refractivity contribution in [3.63, 3.8) is 0 Å². The zero-order valence-electron chi connectivity index (χ0n) is 24.3. The number of hydroxylamine groups is 1. The molecule has 2 aromatic heterocycles. The summed E-state index contributed by atoms with van der Waals surface area (Å²) in [6.45, 7) is 2.07. The summed E-state index contributed by atoms with van der Waals surface area (Å²) in [6, 6.07) is 12.7. The quantitative estimate of drug-likeness (QED) is 0.229. The monoisotopic (exact) mass is 609 g/mol. The molecule has 0 bridgehead atoms. The van der Waals surface area contributed by atoms with E-state index in [1.54, 1.807) is 15.3 Å². The number of nitrogens with zero attached hydrogens (tertiary/aromatic N) is 5. The molecule has 4 aliphatic rings. The van der Waals surface area contributed by atoms with Crippen LogP contribution in [0.1, 0.15) is 46.1 Å². The van der Waals surface area contributed by atoms with E-state index in [1.165, 1.54) is 12.4 Å². The largest absolute Gasteiger partial charge is 0.454 e. The predicted molar refractivity (Wildman–Crippen MR) is 160 cm³/mol. The molecule has 0 radical (unpaired) electrons. The molecular formula is C32H31N7O6. The maximum Gasteiger partial charge on any atom is 0.277 e. The molecule has 4 aromatic rings. The lowest BCUT2D eigenvalue weighted by Gasteiger charge is -2.48. The van der Waals surface area contributed by atoms with Gasteiger partial charge in [-0.3, -0.25) is 19.6 Å². The molecule has 2 atom stereocenters. The summed E-state index contributed by atoms with van der Waals surface area (Å²) in [7, 11) is 0. The third-order valence-electron chi connectivity index (χ3n) is 9.43. The van der Waals surface area contributed by atoms with Gasteiger partial charge >= 0.3 is 0 Å². The maximum absolute atomic E-state index is 14.2. The topological polar surface area (TPSA) is 153 Å². The van der Waals surface area contributed by atoms with Crippen LogP contribution in [0, 0.1) is 5.92 Å². The first kappa shape index (κ1) is 27.4. The van der Waals surface area contributed by atoms with E-state index in [1.807, 2.05) is 41.3 Å². The number of nitrogens with one attached hydrogen (secondary N) is 2. The minimum Gasteiger partial charge on any atom is -0.454 e. The molecule has 2 fully saturated rings. The van der Waals surface area contributed by atoms with Gasteiger partial charge in [-0.05, 0) is 48.1 Å². The van der Waals surface area contributed by atoms with Crippen LogP contribution in [0.4, 0.5) is 5.95 Å². The number of hydrogen-bond acceptors (Lipinski definition) is 9. The molecule has 2 aromatic carbocycles. The summed E-state index contributed by atoms with van der Waals surface area (Å²) in [5.74, 6) is 1.26. The molecule has 230 valence electrons. The van der Waals surface area contributed by atoms with Gasteiger partial charge in [-0.1, -0.05) is 24.3 Å². The Morgan fingerprint density at radius 3 is 2.62 bits per heavy atom. The van der Waals surface area contributed by atoms with Crippen molar-refractivity contribution in [2.24, 2.45) is 5.92 Å². The van der Waals surface area contributed by atoms with E-state index in [9.17, 15) is 14.4 Å². The van der Waals surface area contributed by atoms with Gasteiger partial charge in [0.05, 0.1) is 18.2 Å². The number of benzene rings is 2. The number of carbonyl (C=O) groups excluding carboxylic acids is 3. The van der Waals surface area contributed by atoms with E-state index >= 15 is 0 Å². The summed E-state index contributed by atoms with van der Waals surface area (Å²) >= 11 is 0. The van der Waals surface area contributed by atoms with Crippen LogP contribution in [0.2, 0.25) is 0 Å². The van der Waals surface area contributed by atoms with E-state index in [-0.39, 0.29) is 36.6 Å². The van der Waals surface area contributed by atoms with Gasteiger partial charge in [0, 0.05) is 55.0 Å². The van der Waals surface area contributed by atoms with Crippen molar-refractivity contribution < 1.29 is 29.1 Å². The number of para-hydroxylation sites is 1. The van der Waals surface area contributed by atoms with Crippen LogP contribution in [-0.2, 0) is 16.0 Å². The van der Waals surface area contributed by atoms with Crippen molar-refractivity contribution in [2.45, 2.75) is 31.3 Å². The zero-order chi connectivity index (χ0) is 30.7. The van der Waals surface area contributed by atoms with Crippen molar-refractivity contribution in [2.75, 3.05) is 37.9 Å². The van der Waals surface area contributed by atoms with E-state index in [4.69, 9.17) is 14.7 Å². The van der Waals surface area contributed by atoms with Crippen molar-refractivity contribution in [1.29, 1.82) is 0 Å². The molecule has 0 saturated carbocycles. The highest BCUT2D eigenvalue weighted by Crippen LogP contribution is 2.45. The van der Waals surface area contributed by atoms with Crippen LogP contribution < -0.4 is 19.9 Å². The predicted octanol–water partition coefficient (Wildman–Crippen LogP) is 2.41. The number of rotatable bonds is 5. The van der Waals surface area contributed by atoms with Gasteiger partial charge in [0.25, 0.3) is 5.91 Å². The van der Waals surface area contributed by atoms with Crippen molar-refractivity contribution in [1.82, 2.24) is 30.2 Å². The van der Waals surface area contributed by atoms with Gasteiger partial charge in [-0.25, -0.2) is 15.4 Å². The Morgan fingerprint density at radius 2 is 1.82 bits per heavy atom. The van der Waals surface area contributed by atoms with E-state index in [2.05, 4.69) is 21.0 Å². The SMILES string of the molecule is O=C(NO)c1cnc(N2CCC(CN3CC(=O)N4[C@H](c5ccc6c(c5)OCO6)c5[nH]c6ccccc6c5C[C@H]4C3=O)CC2)nc1. The van der Waals surface area contributed by atoms with Crippen LogP contribution >= 0.6 is 0 Å². The van der Waals surface area contributed by atoms with Gasteiger partial charge in [0.1, 0.15) is 6.04 Å². The van der Waals surface area contributed by atoms with Crippen molar-refractivity contribution in [3.8, 4) is 11.5 Å². The standard InChI is InChI=1S/C32H31N7O6/c40-27-16-38(15-18-7-9-37(10-8-18)32-33-13-20(14-34-32)30(41)36-43)31(42)24-12-22-21-3-1-2-4-23(21)35-28(22)29(39(24)27)19-5-6-25-26(11-19)45-17-44-25/h1-6,11,13-14,18,24,29,35,43H,7-10,12,15-17H2,(H,36,41)/t24-,29+/m0/s1. The van der Waals surface area contributed by atoms with Crippen LogP contribution in [-0.4, -0.2) is 86.7 Å². The smallest absolute Gasteiger partial charge is 0.277 e. The van der Waals surface area contributed by atoms with Crippen LogP contribution in [0.5, 0.6) is 11.5 Å². The molecule has 2 saturated heterocycles. The van der Waals surface area contributed by atoms with Crippen LogP contribution in [0.15, 0.2) is 54.9 Å². The number of aromatic nitrogens is 3. The molecule has 6 heterocycles. The van der Waals surface area contributed by atoms with Crippen molar-refractivity contribution in [3.05, 3.63) is 77.2 Å². The Hall–Kier alpha value is -5.17. The lowest BCUT2D eigenvalue weighted by molar-refractivity contribution is -0.159. The fourth-order valence-corrected chi connectivity index (χ4v) is 7.20. The first-order valence-electron chi connectivity index (χ1n) is 15.1. The molecule has 3 amide bonds. The van der Waals surface area contributed by atoms with Crippen molar-refractivity contribution >= 4 is 34.6 Å².